The Hall–Kier alpha value is -0.490. The first-order valence-electron chi connectivity index (χ1n) is 16.1. The standard InChI is InChI=1S/C16H30N2.2C8H19O3P/c1-3-4-5-6-7-8-9-10-11-12-13-16-17-14-15-18(16)2;2*1-7(5-8(2,3)4)6-12(9,10)11/h14-15H,3-13H2,1-2H3;2*7H,5-6H2,1-4H3,(H2,9,10,11). The van der Waals surface area contributed by atoms with Gasteiger partial charge in [0.2, 0.25) is 0 Å². The second-order valence-electron chi connectivity index (χ2n) is 14.9. The number of unbranched alkanes of at least 4 members (excludes halogenated alkanes) is 9. The van der Waals surface area contributed by atoms with E-state index in [0.29, 0.717) is 0 Å². The Balaban J connectivity index is 0. The van der Waals surface area contributed by atoms with Gasteiger partial charge in [-0.3, -0.25) is 4.57 Å². The molecule has 3 atom stereocenters. The smallest absolute Gasteiger partial charge is 0.325 e. The summed E-state index contributed by atoms with van der Waals surface area (Å²) in [5.74, 6) is 1.47. The van der Waals surface area contributed by atoms with Crippen molar-refractivity contribution < 1.29 is 33.3 Å². The van der Waals surface area contributed by atoms with Crippen molar-refractivity contribution in [3.05, 3.63) is 18.2 Å². The molecular weight excluding hydrogens is 570 g/mol. The zero-order valence-corrected chi connectivity index (χ0v) is 30.6. The van der Waals surface area contributed by atoms with E-state index in [4.69, 9.17) is 14.7 Å². The average molecular weight is 639 g/mol. The van der Waals surface area contributed by atoms with Crippen molar-refractivity contribution in [2.45, 2.75) is 146 Å². The second-order valence-corrected chi connectivity index (χ2v) is 18.2. The summed E-state index contributed by atoms with van der Waals surface area (Å²) in [5.41, 5.74) is 0.267. The first-order chi connectivity index (χ1) is 19.0. The summed E-state index contributed by atoms with van der Waals surface area (Å²) in [5, 5.41) is 0. The zero-order valence-electron chi connectivity index (χ0n) is 28.8. The van der Waals surface area contributed by atoms with E-state index >= 15 is 0 Å². The van der Waals surface area contributed by atoms with E-state index in [0.717, 1.165) is 12.8 Å². The number of aryl methyl sites for hydroxylation is 2. The Morgan fingerprint density at radius 2 is 1.19 bits per heavy atom. The Morgan fingerprint density at radius 1 is 0.786 bits per heavy atom. The van der Waals surface area contributed by atoms with E-state index < -0.39 is 15.2 Å². The number of aromatic nitrogens is 2. The van der Waals surface area contributed by atoms with Gasteiger partial charge in [0, 0.05) is 12.6 Å². The van der Waals surface area contributed by atoms with Crippen LogP contribution in [0.5, 0.6) is 0 Å². The fourth-order valence-corrected chi connectivity index (χ4v) is 7.34. The van der Waals surface area contributed by atoms with Crippen molar-refractivity contribution in [2.24, 2.45) is 29.7 Å². The number of hydrogen-bond acceptors (Lipinski definition) is 3. The summed E-state index contributed by atoms with van der Waals surface area (Å²) < 4.78 is 23.3. The highest BCUT2D eigenvalue weighted by molar-refractivity contribution is 7.51. The molecule has 1 rings (SSSR count). The van der Waals surface area contributed by atoms with Gasteiger partial charge in [-0.2, -0.15) is 0 Å². The minimum absolute atomic E-state index is 0.00424. The summed E-state index contributed by atoms with van der Waals surface area (Å²) in [4.78, 5) is 39.8. The first kappa shape index (κ1) is 43.6. The molecule has 0 fully saturated rings. The Bertz CT molecular complexity index is 838. The summed E-state index contributed by atoms with van der Waals surface area (Å²) >= 11 is 0. The normalized spacial score (nSPS) is 15.1. The molecule has 0 saturated carbocycles. The highest BCUT2D eigenvalue weighted by Crippen LogP contribution is 2.39. The third kappa shape index (κ3) is 34.0. The van der Waals surface area contributed by atoms with Gasteiger partial charge in [-0.05, 0) is 41.9 Å². The zero-order chi connectivity index (χ0) is 33.0. The molecular formula is C32H68N2O6P2. The van der Waals surface area contributed by atoms with Crippen LogP contribution in [-0.4, -0.2) is 32.0 Å². The molecule has 252 valence electrons. The van der Waals surface area contributed by atoms with Crippen LogP contribution < -0.4 is 9.46 Å². The van der Waals surface area contributed by atoms with Crippen molar-refractivity contribution in [1.82, 2.24) is 4.98 Å². The molecule has 8 nitrogen and oxygen atoms in total. The van der Waals surface area contributed by atoms with E-state index in [-0.39, 0.29) is 35.0 Å². The van der Waals surface area contributed by atoms with Crippen LogP contribution in [0.3, 0.4) is 0 Å². The van der Waals surface area contributed by atoms with Crippen molar-refractivity contribution >= 4 is 15.2 Å². The molecule has 1 aromatic rings. The summed E-state index contributed by atoms with van der Waals surface area (Å²) in [7, 11) is -5.75. The van der Waals surface area contributed by atoms with Crippen LogP contribution in [0.2, 0.25) is 0 Å². The van der Waals surface area contributed by atoms with Crippen LogP contribution in [0.1, 0.15) is 145 Å². The lowest BCUT2D eigenvalue weighted by Crippen LogP contribution is -2.30. The maximum absolute atomic E-state index is 10.6. The number of nitrogens with zero attached hydrogens (tertiary/aromatic N) is 1. The number of H-pyrrole nitrogens is 1. The molecule has 0 aliphatic rings. The third-order valence-corrected chi connectivity index (χ3v) is 8.94. The van der Waals surface area contributed by atoms with Gasteiger partial charge in [0.1, 0.15) is 20.0 Å². The van der Waals surface area contributed by atoms with E-state index in [1.54, 1.807) is 0 Å². The minimum atomic E-state index is -4.06. The topological polar surface area (TPSA) is 138 Å². The molecule has 42 heavy (non-hydrogen) atoms. The van der Waals surface area contributed by atoms with Crippen LogP contribution in [0.15, 0.2) is 12.4 Å². The second kappa shape index (κ2) is 22.1. The SMILES string of the molecule is CC(CC(C)(C)C)CP(=O)(O)O.CC(CC(C)(C)C)CP(=O)([O-])O.CCCCCCCCCCCCc1[nH]cc[n+]1C. The molecule has 0 bridgehead atoms. The van der Waals surface area contributed by atoms with Gasteiger partial charge in [0.05, 0.1) is 13.2 Å². The quantitative estimate of drug-likeness (QED) is 0.0772. The number of nitrogens with one attached hydrogen (secondary N) is 1. The van der Waals surface area contributed by atoms with Gasteiger partial charge in [0.15, 0.2) is 0 Å². The Labute approximate surface area is 259 Å². The van der Waals surface area contributed by atoms with Gasteiger partial charge in [-0.15, -0.1) is 0 Å². The van der Waals surface area contributed by atoms with Crippen LogP contribution >= 0.6 is 15.2 Å². The van der Waals surface area contributed by atoms with Gasteiger partial charge in [-0.1, -0.05) is 120 Å². The lowest BCUT2D eigenvalue weighted by molar-refractivity contribution is -0.677. The molecule has 3 unspecified atom stereocenters. The molecule has 0 amide bonds. The fourth-order valence-electron chi connectivity index (χ4n) is 5.49. The molecule has 0 aliphatic carbocycles. The number of imidazole rings is 1. The van der Waals surface area contributed by atoms with Gasteiger partial charge < -0.3 is 24.1 Å². The van der Waals surface area contributed by atoms with Gasteiger partial charge in [0.25, 0.3) is 5.82 Å². The van der Waals surface area contributed by atoms with E-state index in [2.05, 4.69) is 71.3 Å². The highest BCUT2D eigenvalue weighted by Gasteiger charge is 2.22. The Morgan fingerprint density at radius 3 is 1.52 bits per heavy atom. The van der Waals surface area contributed by atoms with Crippen molar-refractivity contribution in [2.75, 3.05) is 12.3 Å². The fraction of sp³-hybridized carbons (Fsp3) is 0.906. The van der Waals surface area contributed by atoms with E-state index in [9.17, 15) is 14.0 Å². The van der Waals surface area contributed by atoms with Crippen LogP contribution in [0, 0.1) is 22.7 Å². The van der Waals surface area contributed by atoms with Crippen LogP contribution in [-0.2, 0) is 22.6 Å². The predicted octanol–water partition coefficient (Wildman–Crippen LogP) is 8.14. The maximum Gasteiger partial charge on any atom is 0.325 e. The van der Waals surface area contributed by atoms with Gasteiger partial charge in [-0.25, -0.2) is 9.55 Å². The van der Waals surface area contributed by atoms with Crippen molar-refractivity contribution in [1.29, 1.82) is 0 Å². The van der Waals surface area contributed by atoms with Gasteiger partial charge >= 0.3 is 7.60 Å². The summed E-state index contributed by atoms with van der Waals surface area (Å²) in [6.45, 7) is 18.4. The summed E-state index contributed by atoms with van der Waals surface area (Å²) in [6.07, 6.45) is 21.0. The third-order valence-electron chi connectivity index (χ3n) is 6.75. The van der Waals surface area contributed by atoms with E-state index in [1.165, 1.54) is 76.5 Å². The number of aromatic amines is 1. The highest BCUT2D eigenvalue weighted by atomic mass is 31.2. The van der Waals surface area contributed by atoms with Crippen LogP contribution in [0.25, 0.3) is 0 Å². The molecule has 0 aliphatic heterocycles. The Kier molecular flexibility index (Phi) is 22.9. The van der Waals surface area contributed by atoms with Crippen molar-refractivity contribution in [3.8, 4) is 0 Å². The first-order valence-corrected chi connectivity index (χ1v) is 19.7. The number of rotatable bonds is 17. The monoisotopic (exact) mass is 638 g/mol. The molecule has 0 saturated heterocycles. The molecule has 0 aromatic carbocycles. The molecule has 10 heteroatoms. The van der Waals surface area contributed by atoms with Crippen LogP contribution in [0.4, 0.5) is 0 Å². The summed E-state index contributed by atoms with van der Waals surface area (Å²) in [6, 6.07) is 0. The molecule has 1 aromatic heterocycles. The molecule has 1 heterocycles. The lowest BCUT2D eigenvalue weighted by Gasteiger charge is -2.26. The minimum Gasteiger partial charge on any atom is -0.779 e. The lowest BCUT2D eigenvalue weighted by atomic mass is 9.86. The maximum atomic E-state index is 10.6. The predicted molar refractivity (Wildman–Crippen MR) is 176 cm³/mol. The largest absolute Gasteiger partial charge is 0.779 e. The molecule has 0 radical (unpaired) electrons. The van der Waals surface area contributed by atoms with E-state index in [1.807, 2.05) is 20.0 Å². The van der Waals surface area contributed by atoms with Crippen molar-refractivity contribution in [3.63, 3.8) is 0 Å². The number of hydrogen-bond donors (Lipinski definition) is 4. The molecule has 4 N–H and O–H groups in total. The molecule has 0 spiro atoms. The average Bonchev–Trinajstić information content (AvgIpc) is 3.15.